The van der Waals surface area contributed by atoms with Gasteiger partial charge in [-0.15, -0.1) is 5.92 Å². The first-order chi connectivity index (χ1) is 12.6. The van der Waals surface area contributed by atoms with Crippen molar-refractivity contribution < 1.29 is 14.2 Å². The maximum atomic E-state index is 6.27. The molecule has 0 aromatic rings. The van der Waals surface area contributed by atoms with Gasteiger partial charge in [-0.05, 0) is 80.2 Å². The third-order valence-electron chi connectivity index (χ3n) is 4.97. The fourth-order valence-corrected chi connectivity index (χ4v) is 3.55. The molecule has 2 rings (SSSR count). The molecule has 0 atom stereocenters. The Morgan fingerprint density at radius 3 is 2.11 bits per heavy atom. The van der Waals surface area contributed by atoms with Gasteiger partial charge in [0.05, 0.1) is 29.5 Å². The number of piperidine rings is 1. The Labute approximate surface area is 167 Å². The molecule has 1 aliphatic carbocycles. The van der Waals surface area contributed by atoms with Crippen molar-refractivity contribution in [2.75, 3.05) is 26.2 Å². The van der Waals surface area contributed by atoms with Gasteiger partial charge in [-0.1, -0.05) is 5.92 Å². The van der Waals surface area contributed by atoms with Crippen LogP contribution in [0.5, 0.6) is 0 Å². The zero-order valence-electron chi connectivity index (χ0n) is 18.5. The van der Waals surface area contributed by atoms with E-state index in [0.29, 0.717) is 24.9 Å². The third-order valence-corrected chi connectivity index (χ3v) is 4.97. The lowest BCUT2D eigenvalue weighted by atomic mass is 9.90. The van der Waals surface area contributed by atoms with E-state index in [-0.39, 0.29) is 11.2 Å². The zero-order chi connectivity index (χ0) is 19.9. The van der Waals surface area contributed by atoms with E-state index in [0.717, 1.165) is 58.2 Å². The second kappa shape index (κ2) is 10.3. The molecule has 2 aliphatic rings. The fourth-order valence-electron chi connectivity index (χ4n) is 3.55. The molecule has 0 spiro atoms. The van der Waals surface area contributed by atoms with Gasteiger partial charge in [0.15, 0.2) is 0 Å². The van der Waals surface area contributed by atoms with Crippen LogP contribution in [0.15, 0.2) is 0 Å². The number of likely N-dealkylation sites (tertiary alicyclic amines) is 1. The number of rotatable bonds is 7. The summed E-state index contributed by atoms with van der Waals surface area (Å²) in [6.45, 7) is 16.6. The van der Waals surface area contributed by atoms with Crippen LogP contribution in [0.3, 0.4) is 0 Å². The number of nitrogens with zero attached hydrogens (tertiary/aromatic N) is 1. The van der Waals surface area contributed by atoms with Crippen LogP contribution in [0.1, 0.15) is 80.1 Å². The van der Waals surface area contributed by atoms with Crippen LogP contribution < -0.4 is 0 Å². The summed E-state index contributed by atoms with van der Waals surface area (Å²) in [6, 6.07) is 0. The number of hydrogen-bond acceptors (Lipinski definition) is 4. The molecule has 0 radical (unpaired) electrons. The van der Waals surface area contributed by atoms with Crippen molar-refractivity contribution in [1.82, 2.24) is 4.90 Å². The molecule has 156 valence electrons. The van der Waals surface area contributed by atoms with Gasteiger partial charge < -0.3 is 19.1 Å². The maximum absolute atomic E-state index is 6.27. The predicted octanol–water partition coefficient (Wildman–Crippen LogP) is 4.41. The van der Waals surface area contributed by atoms with Crippen LogP contribution in [-0.2, 0) is 14.2 Å². The Morgan fingerprint density at radius 1 is 0.852 bits per heavy atom. The van der Waals surface area contributed by atoms with Crippen LogP contribution in [0.4, 0.5) is 0 Å². The van der Waals surface area contributed by atoms with Crippen molar-refractivity contribution in [3.8, 4) is 11.8 Å². The summed E-state index contributed by atoms with van der Waals surface area (Å²) in [5, 5.41) is 0. The standard InChI is InChI=1S/C23H41NO3/c1-22(2,3)25-16-10-8-7-9-13-24-14-11-19(12-15-24)26-20-17-21(18-20)27-23(4,5)6/h19-21H,7,9,11-18H2,1-6H3. The van der Waals surface area contributed by atoms with E-state index >= 15 is 0 Å². The normalized spacial score (nSPS) is 25.0. The van der Waals surface area contributed by atoms with Crippen molar-refractivity contribution in [3.63, 3.8) is 0 Å². The molecule has 1 aliphatic heterocycles. The van der Waals surface area contributed by atoms with Gasteiger partial charge >= 0.3 is 0 Å². The van der Waals surface area contributed by atoms with E-state index in [1.807, 2.05) is 0 Å². The van der Waals surface area contributed by atoms with Crippen LogP contribution in [0, 0.1) is 11.8 Å². The molecule has 4 nitrogen and oxygen atoms in total. The Kier molecular flexibility index (Phi) is 8.62. The average molecular weight is 380 g/mol. The molecule has 1 saturated heterocycles. The summed E-state index contributed by atoms with van der Waals surface area (Å²) in [5.74, 6) is 6.35. The molecule has 0 aromatic carbocycles. The summed E-state index contributed by atoms with van der Waals surface area (Å²) in [5.41, 5.74) is -0.133. The highest BCUT2D eigenvalue weighted by atomic mass is 16.5. The molecular formula is C23H41NO3. The van der Waals surface area contributed by atoms with Crippen molar-refractivity contribution in [2.45, 2.75) is 110 Å². The lowest BCUT2D eigenvalue weighted by Gasteiger charge is -2.42. The van der Waals surface area contributed by atoms with E-state index in [1.165, 1.54) is 0 Å². The monoisotopic (exact) mass is 379 g/mol. The van der Waals surface area contributed by atoms with Gasteiger partial charge in [0.1, 0.15) is 6.61 Å². The summed E-state index contributed by atoms with van der Waals surface area (Å²) < 4.78 is 17.9. The molecule has 0 amide bonds. The molecule has 27 heavy (non-hydrogen) atoms. The Hall–Kier alpha value is -0.600. The quantitative estimate of drug-likeness (QED) is 0.484. The summed E-state index contributed by atoms with van der Waals surface area (Å²) in [6.07, 6.45) is 7.80. The first kappa shape index (κ1) is 22.7. The van der Waals surface area contributed by atoms with Gasteiger partial charge in [0, 0.05) is 19.5 Å². The van der Waals surface area contributed by atoms with Crippen LogP contribution in [0.25, 0.3) is 0 Å². The average Bonchev–Trinajstić information content (AvgIpc) is 2.51. The van der Waals surface area contributed by atoms with Crippen molar-refractivity contribution in [2.24, 2.45) is 0 Å². The smallest absolute Gasteiger partial charge is 0.108 e. The van der Waals surface area contributed by atoms with Crippen LogP contribution >= 0.6 is 0 Å². The fraction of sp³-hybridized carbons (Fsp3) is 0.913. The first-order valence-electron chi connectivity index (χ1n) is 10.8. The van der Waals surface area contributed by atoms with Gasteiger partial charge in [-0.3, -0.25) is 0 Å². The van der Waals surface area contributed by atoms with E-state index < -0.39 is 0 Å². The SMILES string of the molecule is CC(C)(C)OCC#CCCCN1CCC(OC2CC(OC(C)(C)C)C2)CC1. The van der Waals surface area contributed by atoms with E-state index in [9.17, 15) is 0 Å². The lowest BCUT2D eigenvalue weighted by Crippen LogP contribution is -2.45. The zero-order valence-corrected chi connectivity index (χ0v) is 18.5. The predicted molar refractivity (Wildman–Crippen MR) is 111 cm³/mol. The Bertz CT molecular complexity index is 480. The van der Waals surface area contributed by atoms with Gasteiger partial charge in [0.2, 0.25) is 0 Å². The van der Waals surface area contributed by atoms with Crippen molar-refractivity contribution >= 4 is 0 Å². The molecule has 0 N–H and O–H groups in total. The van der Waals surface area contributed by atoms with Gasteiger partial charge in [-0.25, -0.2) is 0 Å². The third kappa shape index (κ3) is 9.94. The molecule has 0 unspecified atom stereocenters. The second-order valence-electron chi connectivity index (χ2n) is 9.98. The summed E-state index contributed by atoms with van der Waals surface area (Å²) in [4.78, 5) is 2.56. The summed E-state index contributed by atoms with van der Waals surface area (Å²) >= 11 is 0. The van der Waals surface area contributed by atoms with Crippen LogP contribution in [-0.4, -0.2) is 60.7 Å². The second-order valence-corrected chi connectivity index (χ2v) is 9.98. The molecule has 0 aromatic heterocycles. The Balaban J connectivity index is 1.48. The molecular weight excluding hydrogens is 338 g/mol. The van der Waals surface area contributed by atoms with E-state index in [2.05, 4.69) is 58.3 Å². The molecule has 4 heteroatoms. The van der Waals surface area contributed by atoms with Crippen molar-refractivity contribution in [1.29, 1.82) is 0 Å². The highest BCUT2D eigenvalue weighted by Gasteiger charge is 2.35. The largest absolute Gasteiger partial charge is 0.375 e. The minimum Gasteiger partial charge on any atom is -0.375 e. The minimum absolute atomic E-state index is 0.0367. The summed E-state index contributed by atoms with van der Waals surface area (Å²) in [7, 11) is 0. The highest BCUT2D eigenvalue weighted by Crippen LogP contribution is 2.32. The first-order valence-corrected chi connectivity index (χ1v) is 10.8. The Morgan fingerprint density at radius 2 is 1.52 bits per heavy atom. The molecule has 1 saturated carbocycles. The highest BCUT2D eigenvalue weighted by molar-refractivity contribution is 4.99. The van der Waals surface area contributed by atoms with Gasteiger partial charge in [-0.2, -0.15) is 0 Å². The molecule has 1 heterocycles. The van der Waals surface area contributed by atoms with E-state index in [4.69, 9.17) is 14.2 Å². The minimum atomic E-state index is -0.0961. The van der Waals surface area contributed by atoms with Crippen LogP contribution in [0.2, 0.25) is 0 Å². The van der Waals surface area contributed by atoms with Gasteiger partial charge in [0.25, 0.3) is 0 Å². The maximum Gasteiger partial charge on any atom is 0.108 e. The number of unbranched alkanes of at least 4 members (excludes halogenated alkanes) is 1. The molecule has 2 fully saturated rings. The number of hydrogen-bond donors (Lipinski definition) is 0. The van der Waals surface area contributed by atoms with E-state index in [1.54, 1.807) is 0 Å². The number of ether oxygens (including phenoxy) is 3. The van der Waals surface area contributed by atoms with Crippen molar-refractivity contribution in [3.05, 3.63) is 0 Å². The topological polar surface area (TPSA) is 30.9 Å². The lowest BCUT2D eigenvalue weighted by molar-refractivity contribution is -0.167. The molecule has 0 bridgehead atoms.